The van der Waals surface area contributed by atoms with Crippen molar-refractivity contribution >= 4 is 5.91 Å². The van der Waals surface area contributed by atoms with Crippen LogP contribution in [0.2, 0.25) is 0 Å². The van der Waals surface area contributed by atoms with Crippen molar-refractivity contribution in [3.8, 4) is 5.69 Å². The van der Waals surface area contributed by atoms with Crippen molar-refractivity contribution in [1.82, 2.24) is 19.9 Å². The van der Waals surface area contributed by atoms with Crippen LogP contribution < -0.4 is 0 Å². The van der Waals surface area contributed by atoms with Gasteiger partial charge in [-0.15, -0.1) is 5.10 Å². The van der Waals surface area contributed by atoms with Gasteiger partial charge in [0.1, 0.15) is 0 Å². The Bertz CT molecular complexity index is 738. The fourth-order valence-electron chi connectivity index (χ4n) is 2.87. The van der Waals surface area contributed by atoms with E-state index in [4.69, 9.17) is 4.74 Å². The average molecular weight is 314 g/mol. The summed E-state index contributed by atoms with van der Waals surface area (Å²) >= 11 is 0. The number of rotatable bonds is 2. The van der Waals surface area contributed by atoms with E-state index < -0.39 is 0 Å². The quantitative estimate of drug-likeness (QED) is 0.851. The van der Waals surface area contributed by atoms with Gasteiger partial charge in [0.15, 0.2) is 5.69 Å². The van der Waals surface area contributed by atoms with Crippen molar-refractivity contribution in [3.05, 3.63) is 40.7 Å². The summed E-state index contributed by atoms with van der Waals surface area (Å²) in [5, 5.41) is 8.88. The second-order valence-corrected chi connectivity index (χ2v) is 6.15. The molecular formula is C17H22N4O2. The van der Waals surface area contributed by atoms with Gasteiger partial charge in [0.05, 0.1) is 24.1 Å². The highest BCUT2D eigenvalue weighted by molar-refractivity contribution is 5.93. The van der Waals surface area contributed by atoms with Gasteiger partial charge in [-0.25, -0.2) is 0 Å². The smallest absolute Gasteiger partial charge is 0.276 e. The first-order valence-electron chi connectivity index (χ1n) is 7.88. The molecule has 1 aromatic carbocycles. The number of hydrogen-bond donors (Lipinski definition) is 0. The number of aromatic nitrogens is 3. The third-order valence-electron chi connectivity index (χ3n) is 4.08. The van der Waals surface area contributed by atoms with Crippen LogP contribution in [0.25, 0.3) is 5.69 Å². The zero-order valence-corrected chi connectivity index (χ0v) is 14.0. The Kier molecular flexibility index (Phi) is 4.17. The van der Waals surface area contributed by atoms with Crippen molar-refractivity contribution in [1.29, 1.82) is 0 Å². The number of amides is 1. The number of carbonyl (C=O) groups is 1. The molecule has 0 saturated carbocycles. The molecule has 1 aliphatic heterocycles. The third-order valence-corrected chi connectivity index (χ3v) is 4.08. The van der Waals surface area contributed by atoms with Crippen molar-refractivity contribution < 1.29 is 9.53 Å². The third kappa shape index (κ3) is 3.12. The van der Waals surface area contributed by atoms with Gasteiger partial charge < -0.3 is 9.64 Å². The fraction of sp³-hybridized carbons (Fsp3) is 0.471. The SMILES string of the molecule is Cc1ccc(-n2nc(C)c(C(=O)N3CCO[C@H](C)C3)n2)c(C)c1. The maximum absolute atomic E-state index is 12.7. The molecular weight excluding hydrogens is 292 g/mol. The Morgan fingerprint density at radius 2 is 2.04 bits per heavy atom. The lowest BCUT2D eigenvalue weighted by atomic mass is 10.1. The minimum atomic E-state index is -0.0753. The summed E-state index contributed by atoms with van der Waals surface area (Å²) < 4.78 is 5.49. The highest BCUT2D eigenvalue weighted by atomic mass is 16.5. The molecule has 0 unspecified atom stereocenters. The van der Waals surface area contributed by atoms with E-state index >= 15 is 0 Å². The van der Waals surface area contributed by atoms with Crippen molar-refractivity contribution in [2.24, 2.45) is 0 Å². The number of morpholine rings is 1. The van der Waals surface area contributed by atoms with Crippen LogP contribution in [0.5, 0.6) is 0 Å². The van der Waals surface area contributed by atoms with Gasteiger partial charge in [-0.2, -0.15) is 9.90 Å². The molecule has 1 atom stereocenters. The summed E-state index contributed by atoms with van der Waals surface area (Å²) in [6.45, 7) is 9.62. The molecule has 0 spiro atoms. The number of hydrogen-bond acceptors (Lipinski definition) is 4. The Balaban J connectivity index is 1.90. The molecule has 1 amide bonds. The van der Waals surface area contributed by atoms with Gasteiger partial charge in [0.25, 0.3) is 5.91 Å². The Morgan fingerprint density at radius 1 is 1.26 bits per heavy atom. The lowest BCUT2D eigenvalue weighted by Crippen LogP contribution is -2.44. The summed E-state index contributed by atoms with van der Waals surface area (Å²) in [5.74, 6) is -0.0753. The first-order valence-corrected chi connectivity index (χ1v) is 7.88. The lowest BCUT2D eigenvalue weighted by molar-refractivity contribution is -0.0126. The number of aryl methyl sites for hydroxylation is 3. The maximum atomic E-state index is 12.7. The van der Waals surface area contributed by atoms with Gasteiger partial charge in [-0.05, 0) is 39.3 Å². The molecule has 0 aliphatic carbocycles. The summed E-state index contributed by atoms with van der Waals surface area (Å²) in [7, 11) is 0. The van der Waals surface area contributed by atoms with E-state index in [0.717, 1.165) is 11.3 Å². The maximum Gasteiger partial charge on any atom is 0.276 e. The topological polar surface area (TPSA) is 60.2 Å². The highest BCUT2D eigenvalue weighted by Gasteiger charge is 2.26. The number of nitrogens with zero attached hydrogens (tertiary/aromatic N) is 4. The molecule has 0 radical (unpaired) electrons. The van der Waals surface area contributed by atoms with Crippen LogP contribution in [0.1, 0.15) is 34.2 Å². The minimum absolute atomic E-state index is 0.0578. The zero-order chi connectivity index (χ0) is 16.6. The molecule has 1 aliphatic rings. The van der Waals surface area contributed by atoms with Crippen LogP contribution in [0, 0.1) is 20.8 Å². The van der Waals surface area contributed by atoms with Crippen LogP contribution in [0.4, 0.5) is 0 Å². The molecule has 0 bridgehead atoms. The van der Waals surface area contributed by atoms with Crippen molar-refractivity contribution in [2.75, 3.05) is 19.7 Å². The predicted molar refractivity (Wildman–Crippen MR) is 86.9 cm³/mol. The van der Waals surface area contributed by atoms with E-state index in [1.54, 1.807) is 9.70 Å². The molecule has 6 heteroatoms. The molecule has 1 saturated heterocycles. The van der Waals surface area contributed by atoms with E-state index in [1.165, 1.54) is 5.56 Å². The van der Waals surface area contributed by atoms with Crippen LogP contribution in [0.15, 0.2) is 18.2 Å². The first-order chi connectivity index (χ1) is 11.0. The Labute approximate surface area is 136 Å². The normalized spacial score (nSPS) is 18.3. The number of ether oxygens (including phenoxy) is 1. The van der Waals surface area contributed by atoms with Crippen LogP contribution in [-0.2, 0) is 4.74 Å². The van der Waals surface area contributed by atoms with E-state index in [1.807, 2.05) is 39.8 Å². The highest BCUT2D eigenvalue weighted by Crippen LogP contribution is 2.17. The van der Waals surface area contributed by atoms with E-state index in [-0.39, 0.29) is 12.0 Å². The number of benzene rings is 1. The standard InChI is InChI=1S/C17H22N4O2/c1-11-5-6-15(12(2)9-11)21-18-14(4)16(19-21)17(22)20-7-8-23-13(3)10-20/h5-6,9,13H,7-8,10H2,1-4H3/t13-/m1/s1. The molecule has 1 aromatic heterocycles. The molecule has 23 heavy (non-hydrogen) atoms. The summed E-state index contributed by atoms with van der Waals surface area (Å²) in [5.41, 5.74) is 4.23. The minimum Gasteiger partial charge on any atom is -0.375 e. The molecule has 2 heterocycles. The van der Waals surface area contributed by atoms with Crippen molar-refractivity contribution in [2.45, 2.75) is 33.8 Å². The Hall–Kier alpha value is -2.21. The molecule has 2 aromatic rings. The van der Waals surface area contributed by atoms with Crippen LogP contribution in [-0.4, -0.2) is 51.6 Å². The van der Waals surface area contributed by atoms with E-state index in [0.29, 0.717) is 31.1 Å². The lowest BCUT2D eigenvalue weighted by Gasteiger charge is -2.30. The van der Waals surface area contributed by atoms with Gasteiger partial charge in [0, 0.05) is 13.1 Å². The van der Waals surface area contributed by atoms with Gasteiger partial charge in [-0.1, -0.05) is 17.7 Å². The summed E-state index contributed by atoms with van der Waals surface area (Å²) in [4.78, 5) is 16.1. The molecule has 1 fully saturated rings. The van der Waals surface area contributed by atoms with Crippen LogP contribution in [0.3, 0.4) is 0 Å². The summed E-state index contributed by atoms with van der Waals surface area (Å²) in [6.07, 6.45) is 0.0578. The molecule has 3 rings (SSSR count). The monoisotopic (exact) mass is 314 g/mol. The average Bonchev–Trinajstić information content (AvgIpc) is 2.88. The number of carbonyl (C=O) groups excluding carboxylic acids is 1. The van der Waals surface area contributed by atoms with E-state index in [9.17, 15) is 4.79 Å². The van der Waals surface area contributed by atoms with Gasteiger partial charge >= 0.3 is 0 Å². The predicted octanol–water partition coefficient (Wildman–Crippen LogP) is 2.05. The second kappa shape index (κ2) is 6.12. The Morgan fingerprint density at radius 3 is 2.74 bits per heavy atom. The zero-order valence-electron chi connectivity index (χ0n) is 14.0. The first kappa shape index (κ1) is 15.7. The molecule has 122 valence electrons. The fourth-order valence-corrected chi connectivity index (χ4v) is 2.87. The van der Waals surface area contributed by atoms with E-state index in [2.05, 4.69) is 16.3 Å². The van der Waals surface area contributed by atoms with Crippen LogP contribution >= 0.6 is 0 Å². The van der Waals surface area contributed by atoms with Gasteiger partial charge in [0.2, 0.25) is 0 Å². The molecule has 6 nitrogen and oxygen atoms in total. The second-order valence-electron chi connectivity index (χ2n) is 6.15. The summed E-state index contributed by atoms with van der Waals surface area (Å²) in [6, 6.07) is 6.08. The largest absolute Gasteiger partial charge is 0.375 e. The van der Waals surface area contributed by atoms with Crippen molar-refractivity contribution in [3.63, 3.8) is 0 Å². The van der Waals surface area contributed by atoms with Gasteiger partial charge in [-0.3, -0.25) is 4.79 Å². The molecule has 0 N–H and O–H groups in total.